The van der Waals surface area contributed by atoms with E-state index in [1.54, 1.807) is 6.07 Å². The number of carbonyl (C=O) groups excluding carboxylic acids is 1. The van der Waals surface area contributed by atoms with Gasteiger partial charge in [-0.2, -0.15) is 0 Å². The minimum atomic E-state index is -0.436. The molecule has 0 unspecified atom stereocenters. The number of rotatable bonds is 4. The fourth-order valence-corrected chi connectivity index (χ4v) is 1.72. The molecular formula is C14H11BrFNO2. The van der Waals surface area contributed by atoms with Crippen LogP contribution < -0.4 is 5.48 Å². The Labute approximate surface area is 118 Å². The molecule has 2 aromatic carbocycles. The van der Waals surface area contributed by atoms with Gasteiger partial charge >= 0.3 is 5.97 Å². The highest BCUT2D eigenvalue weighted by atomic mass is 79.9. The molecule has 3 nitrogen and oxygen atoms in total. The van der Waals surface area contributed by atoms with Crippen molar-refractivity contribution < 1.29 is 14.0 Å². The van der Waals surface area contributed by atoms with Crippen LogP contribution >= 0.6 is 15.9 Å². The van der Waals surface area contributed by atoms with E-state index in [0.29, 0.717) is 10.2 Å². The van der Waals surface area contributed by atoms with Gasteiger partial charge in [0.25, 0.3) is 0 Å². The molecule has 5 heteroatoms. The number of hydrogen-bond donors (Lipinski definition) is 1. The minimum absolute atomic E-state index is 0.160. The quantitative estimate of drug-likeness (QED) is 0.872. The predicted octanol–water partition coefficient (Wildman–Crippen LogP) is 3.70. The second-order valence-electron chi connectivity index (χ2n) is 3.87. The lowest BCUT2D eigenvalue weighted by atomic mass is 10.2. The van der Waals surface area contributed by atoms with Crippen molar-refractivity contribution in [3.8, 4) is 0 Å². The molecule has 0 aliphatic carbocycles. The predicted molar refractivity (Wildman–Crippen MR) is 74.0 cm³/mol. The van der Waals surface area contributed by atoms with Gasteiger partial charge in [-0.25, -0.2) is 14.7 Å². The molecule has 0 heterocycles. The van der Waals surface area contributed by atoms with Crippen molar-refractivity contribution in [2.75, 3.05) is 5.48 Å². The fraction of sp³-hybridized carbons (Fsp3) is 0.0714. The van der Waals surface area contributed by atoms with Gasteiger partial charge in [0.1, 0.15) is 5.82 Å². The molecule has 0 aliphatic heterocycles. The second-order valence-corrected chi connectivity index (χ2v) is 4.72. The third-order valence-corrected chi connectivity index (χ3v) is 3.04. The molecule has 0 saturated heterocycles. The maximum atomic E-state index is 13.2. The molecule has 2 rings (SSSR count). The van der Waals surface area contributed by atoms with Gasteiger partial charge in [0, 0.05) is 6.07 Å². The molecule has 0 aromatic heterocycles. The van der Waals surface area contributed by atoms with E-state index in [1.807, 2.05) is 30.3 Å². The lowest BCUT2D eigenvalue weighted by molar-refractivity contribution is -0.139. The zero-order chi connectivity index (χ0) is 13.7. The summed E-state index contributed by atoms with van der Waals surface area (Å²) in [5.41, 5.74) is 3.66. The van der Waals surface area contributed by atoms with E-state index < -0.39 is 11.8 Å². The molecule has 98 valence electrons. The zero-order valence-electron chi connectivity index (χ0n) is 9.90. The fourth-order valence-electron chi connectivity index (χ4n) is 1.47. The monoisotopic (exact) mass is 323 g/mol. The standard InChI is InChI=1S/C14H11BrFNO2/c15-12-7-6-11(9-13(12)16)17-19-14(18)8-10-4-2-1-3-5-10/h1-7,9,17H,8H2. The molecule has 0 saturated carbocycles. The van der Waals surface area contributed by atoms with Crippen LogP contribution in [0.4, 0.5) is 10.1 Å². The molecule has 0 aliphatic rings. The summed E-state index contributed by atoms with van der Waals surface area (Å²) in [6, 6.07) is 13.6. The first-order valence-electron chi connectivity index (χ1n) is 5.60. The Morgan fingerprint density at radius 1 is 1.21 bits per heavy atom. The molecular weight excluding hydrogens is 313 g/mol. The summed E-state index contributed by atoms with van der Waals surface area (Å²) < 4.78 is 13.6. The zero-order valence-corrected chi connectivity index (χ0v) is 11.5. The lowest BCUT2D eigenvalue weighted by Gasteiger charge is -2.07. The highest BCUT2D eigenvalue weighted by Gasteiger charge is 2.06. The van der Waals surface area contributed by atoms with E-state index in [0.717, 1.165) is 5.56 Å². The van der Waals surface area contributed by atoms with Gasteiger partial charge in [0.15, 0.2) is 0 Å². The van der Waals surface area contributed by atoms with Crippen molar-refractivity contribution in [1.29, 1.82) is 0 Å². The molecule has 19 heavy (non-hydrogen) atoms. The summed E-state index contributed by atoms with van der Waals surface area (Å²) in [5.74, 6) is -0.862. The van der Waals surface area contributed by atoms with Gasteiger partial charge in [-0.3, -0.25) is 0 Å². The van der Waals surface area contributed by atoms with E-state index >= 15 is 0 Å². The number of benzene rings is 2. The van der Waals surface area contributed by atoms with Gasteiger partial charge in [-0.1, -0.05) is 30.3 Å². The third kappa shape index (κ3) is 4.06. The van der Waals surface area contributed by atoms with Crippen molar-refractivity contribution in [2.45, 2.75) is 6.42 Å². The van der Waals surface area contributed by atoms with Gasteiger partial charge < -0.3 is 4.84 Å². The Kier molecular flexibility index (Phi) is 4.52. The van der Waals surface area contributed by atoms with Crippen LogP contribution in [-0.4, -0.2) is 5.97 Å². The Hall–Kier alpha value is -1.88. The van der Waals surface area contributed by atoms with Crippen LogP contribution in [0.5, 0.6) is 0 Å². The molecule has 0 amide bonds. The van der Waals surface area contributed by atoms with Crippen molar-refractivity contribution >= 4 is 27.6 Å². The second kappa shape index (κ2) is 6.33. The smallest absolute Gasteiger partial charge is 0.336 e. The van der Waals surface area contributed by atoms with Crippen LogP contribution in [0, 0.1) is 5.82 Å². The molecule has 0 atom stereocenters. The molecule has 0 spiro atoms. The van der Waals surface area contributed by atoms with Gasteiger partial charge in [0.2, 0.25) is 0 Å². The van der Waals surface area contributed by atoms with E-state index in [4.69, 9.17) is 4.84 Å². The van der Waals surface area contributed by atoms with Crippen molar-refractivity contribution in [3.05, 3.63) is 64.4 Å². The van der Waals surface area contributed by atoms with Gasteiger partial charge in [-0.15, -0.1) is 0 Å². The topological polar surface area (TPSA) is 38.3 Å². The summed E-state index contributed by atoms with van der Waals surface area (Å²) >= 11 is 3.04. The van der Waals surface area contributed by atoms with E-state index in [1.165, 1.54) is 12.1 Å². The first-order valence-corrected chi connectivity index (χ1v) is 6.39. The van der Waals surface area contributed by atoms with Crippen LogP contribution in [0.1, 0.15) is 5.56 Å². The van der Waals surface area contributed by atoms with Gasteiger partial charge in [-0.05, 0) is 33.6 Å². The number of nitrogens with one attached hydrogen (secondary N) is 1. The summed E-state index contributed by atoms with van der Waals surface area (Å²) in [7, 11) is 0. The largest absolute Gasteiger partial charge is 0.343 e. The van der Waals surface area contributed by atoms with Crippen molar-refractivity contribution in [2.24, 2.45) is 0 Å². The number of anilines is 1. The normalized spacial score (nSPS) is 10.0. The SMILES string of the molecule is O=C(Cc1ccccc1)ONc1ccc(Br)c(F)c1. The first kappa shape index (κ1) is 13.5. The number of carbonyl (C=O) groups is 1. The average Bonchev–Trinajstić information content (AvgIpc) is 2.41. The molecule has 0 radical (unpaired) electrons. The Bertz CT molecular complexity index is 575. The van der Waals surface area contributed by atoms with Crippen molar-refractivity contribution in [3.63, 3.8) is 0 Å². The summed E-state index contributed by atoms with van der Waals surface area (Å²) in [4.78, 5) is 16.4. The first-order chi connectivity index (χ1) is 9.15. The average molecular weight is 324 g/mol. The van der Waals surface area contributed by atoms with E-state index in [2.05, 4.69) is 21.4 Å². The molecule has 2 aromatic rings. The van der Waals surface area contributed by atoms with Crippen LogP contribution in [0.15, 0.2) is 53.0 Å². The highest BCUT2D eigenvalue weighted by Crippen LogP contribution is 2.19. The van der Waals surface area contributed by atoms with Crippen LogP contribution in [0.3, 0.4) is 0 Å². The van der Waals surface area contributed by atoms with Gasteiger partial charge in [0.05, 0.1) is 16.6 Å². The minimum Gasteiger partial charge on any atom is -0.343 e. The molecule has 1 N–H and O–H groups in total. The van der Waals surface area contributed by atoms with E-state index in [-0.39, 0.29) is 6.42 Å². The number of hydrogen-bond acceptors (Lipinski definition) is 3. The Morgan fingerprint density at radius 2 is 1.95 bits per heavy atom. The highest BCUT2D eigenvalue weighted by molar-refractivity contribution is 9.10. The van der Waals surface area contributed by atoms with Crippen LogP contribution in [0.25, 0.3) is 0 Å². The Balaban J connectivity index is 1.88. The lowest BCUT2D eigenvalue weighted by Crippen LogP contribution is -2.12. The molecule has 0 fully saturated rings. The van der Waals surface area contributed by atoms with Crippen molar-refractivity contribution in [1.82, 2.24) is 0 Å². The Morgan fingerprint density at radius 3 is 2.63 bits per heavy atom. The third-order valence-electron chi connectivity index (χ3n) is 2.39. The maximum Gasteiger partial charge on any atom is 0.336 e. The summed E-state index contributed by atoms with van der Waals surface area (Å²) in [6.07, 6.45) is 0.160. The van der Waals surface area contributed by atoms with Crippen LogP contribution in [0.2, 0.25) is 0 Å². The van der Waals surface area contributed by atoms with E-state index in [9.17, 15) is 9.18 Å². The van der Waals surface area contributed by atoms with Crippen LogP contribution in [-0.2, 0) is 16.1 Å². The molecule has 0 bridgehead atoms. The summed E-state index contributed by atoms with van der Waals surface area (Å²) in [5, 5.41) is 0. The summed E-state index contributed by atoms with van der Waals surface area (Å²) in [6.45, 7) is 0. The number of halogens is 2. The maximum absolute atomic E-state index is 13.2.